The van der Waals surface area contributed by atoms with Crippen molar-refractivity contribution < 1.29 is 13.2 Å². The van der Waals surface area contributed by atoms with Crippen molar-refractivity contribution >= 4 is 22.3 Å². The molecule has 2 atom stereocenters. The third-order valence-corrected chi connectivity index (χ3v) is 5.66. The standard InChI is InChI=1S/C21H23F3N6O/c1-11(13-5-14(21(22,23)24)7-15(25)6-13)27-19-16-8-18(12-3-4-30(2)10-12)26-9-17(16)20(31)29-28-19/h5-9,11-12H,3-4,10,25H2,1-2H3,(H,27,28)(H,29,31)/t11-,12?/m1/s1. The molecule has 7 nitrogen and oxygen atoms in total. The first kappa shape index (κ1) is 21.1. The molecule has 0 saturated carbocycles. The molecule has 3 aromatic rings. The molecule has 1 aliphatic heterocycles. The van der Waals surface area contributed by atoms with Gasteiger partial charge in [0.2, 0.25) is 0 Å². The van der Waals surface area contributed by atoms with Crippen molar-refractivity contribution in [1.29, 1.82) is 0 Å². The minimum atomic E-state index is -4.50. The largest absolute Gasteiger partial charge is 0.416 e. The second-order valence-electron chi connectivity index (χ2n) is 8.06. The van der Waals surface area contributed by atoms with Crippen LogP contribution < -0.4 is 16.6 Å². The maximum absolute atomic E-state index is 13.2. The van der Waals surface area contributed by atoms with Crippen molar-refractivity contribution in [2.24, 2.45) is 0 Å². The zero-order chi connectivity index (χ0) is 22.3. The number of nitrogens with zero attached hydrogens (tertiary/aromatic N) is 3. The Labute approximate surface area is 176 Å². The Morgan fingerprint density at radius 2 is 2.03 bits per heavy atom. The molecule has 0 bridgehead atoms. The fraction of sp³-hybridized carbons (Fsp3) is 0.381. The summed E-state index contributed by atoms with van der Waals surface area (Å²) in [7, 11) is 2.04. The van der Waals surface area contributed by atoms with Crippen LogP contribution in [0.25, 0.3) is 10.8 Å². The number of H-pyrrole nitrogens is 1. The van der Waals surface area contributed by atoms with Crippen molar-refractivity contribution in [3.63, 3.8) is 0 Å². The molecule has 10 heteroatoms. The number of aromatic amines is 1. The number of halogens is 3. The number of nitrogen functional groups attached to an aromatic ring is 1. The van der Waals surface area contributed by atoms with E-state index in [0.717, 1.165) is 37.3 Å². The van der Waals surface area contributed by atoms with E-state index in [-0.39, 0.29) is 17.2 Å². The van der Waals surface area contributed by atoms with E-state index in [1.54, 1.807) is 6.92 Å². The number of likely N-dealkylation sites (tertiary alicyclic amines) is 1. The van der Waals surface area contributed by atoms with Crippen LogP contribution in [0.5, 0.6) is 0 Å². The molecule has 3 heterocycles. The molecule has 1 aliphatic rings. The van der Waals surface area contributed by atoms with Gasteiger partial charge < -0.3 is 16.0 Å². The molecule has 2 aromatic heterocycles. The molecule has 4 rings (SSSR count). The lowest BCUT2D eigenvalue weighted by atomic mass is 10.0. The lowest BCUT2D eigenvalue weighted by molar-refractivity contribution is -0.137. The van der Waals surface area contributed by atoms with Gasteiger partial charge in [-0.25, -0.2) is 5.10 Å². The number of pyridine rings is 1. The van der Waals surface area contributed by atoms with Crippen LogP contribution >= 0.6 is 0 Å². The lowest BCUT2D eigenvalue weighted by Gasteiger charge is -2.19. The van der Waals surface area contributed by atoms with E-state index in [2.05, 4.69) is 25.4 Å². The monoisotopic (exact) mass is 432 g/mol. The number of anilines is 2. The van der Waals surface area contributed by atoms with Gasteiger partial charge in [0.25, 0.3) is 5.56 Å². The van der Waals surface area contributed by atoms with E-state index in [0.29, 0.717) is 22.2 Å². The topological polar surface area (TPSA) is 99.9 Å². The van der Waals surface area contributed by atoms with Gasteiger partial charge >= 0.3 is 6.18 Å². The lowest BCUT2D eigenvalue weighted by Crippen LogP contribution is -2.17. The number of fused-ring (bicyclic) bond motifs is 1. The third-order valence-electron chi connectivity index (χ3n) is 5.66. The molecule has 1 aromatic carbocycles. The van der Waals surface area contributed by atoms with Crippen LogP contribution in [0.3, 0.4) is 0 Å². The number of rotatable bonds is 4. The molecular formula is C21H23F3N6O. The Hall–Kier alpha value is -3.14. The summed E-state index contributed by atoms with van der Waals surface area (Å²) in [5, 5.41) is 10.6. The molecule has 1 saturated heterocycles. The summed E-state index contributed by atoms with van der Waals surface area (Å²) >= 11 is 0. The Morgan fingerprint density at radius 1 is 1.26 bits per heavy atom. The first-order valence-electron chi connectivity index (χ1n) is 9.93. The van der Waals surface area contributed by atoms with E-state index < -0.39 is 17.8 Å². The molecule has 1 fully saturated rings. The number of nitrogens with two attached hydrogens (primary N) is 1. The predicted octanol–water partition coefficient (Wildman–Crippen LogP) is 3.51. The number of aromatic nitrogens is 3. The Bertz CT molecular complexity index is 1180. The Balaban J connectivity index is 1.70. The zero-order valence-electron chi connectivity index (χ0n) is 17.1. The van der Waals surface area contributed by atoms with Gasteiger partial charge in [0.05, 0.1) is 17.0 Å². The van der Waals surface area contributed by atoms with Gasteiger partial charge in [-0.15, -0.1) is 0 Å². The number of alkyl halides is 3. The van der Waals surface area contributed by atoms with Gasteiger partial charge in [-0.1, -0.05) is 0 Å². The highest BCUT2D eigenvalue weighted by Gasteiger charge is 2.31. The van der Waals surface area contributed by atoms with Gasteiger partial charge in [-0.2, -0.15) is 18.3 Å². The molecule has 4 N–H and O–H groups in total. The molecule has 164 valence electrons. The van der Waals surface area contributed by atoms with Crippen molar-refractivity contribution in [2.75, 3.05) is 31.2 Å². The average Bonchev–Trinajstić information content (AvgIpc) is 3.15. The second kappa shape index (κ2) is 7.84. The predicted molar refractivity (Wildman–Crippen MR) is 113 cm³/mol. The van der Waals surface area contributed by atoms with Gasteiger partial charge in [0, 0.05) is 35.4 Å². The summed E-state index contributed by atoms with van der Waals surface area (Å²) in [5.41, 5.74) is 5.76. The van der Waals surface area contributed by atoms with Crippen molar-refractivity contribution in [3.05, 3.63) is 57.6 Å². The molecule has 31 heavy (non-hydrogen) atoms. The number of nitrogens with one attached hydrogen (secondary N) is 2. The van der Waals surface area contributed by atoms with E-state index in [9.17, 15) is 18.0 Å². The molecule has 0 radical (unpaired) electrons. The summed E-state index contributed by atoms with van der Waals surface area (Å²) in [6.07, 6.45) is -2.00. The van der Waals surface area contributed by atoms with Gasteiger partial charge in [-0.05, 0) is 56.8 Å². The first-order valence-corrected chi connectivity index (χ1v) is 9.93. The molecule has 0 amide bonds. The van der Waals surface area contributed by atoms with E-state index >= 15 is 0 Å². The minimum Gasteiger partial charge on any atom is -0.399 e. The number of hydrogen-bond acceptors (Lipinski definition) is 6. The van der Waals surface area contributed by atoms with Crippen molar-refractivity contribution in [1.82, 2.24) is 20.1 Å². The Morgan fingerprint density at radius 3 is 2.71 bits per heavy atom. The molecule has 1 unspecified atom stereocenters. The van der Waals surface area contributed by atoms with Crippen LogP contribution in [-0.2, 0) is 6.18 Å². The van der Waals surface area contributed by atoms with Gasteiger partial charge in [-0.3, -0.25) is 9.78 Å². The SMILES string of the molecule is C[C@@H](Nc1n[nH]c(=O)c2cnc(C3CCN(C)C3)cc12)c1cc(N)cc(C(F)(F)F)c1. The summed E-state index contributed by atoms with van der Waals surface area (Å²) in [6.45, 7) is 3.55. The third kappa shape index (κ3) is 4.34. The smallest absolute Gasteiger partial charge is 0.399 e. The number of likely N-dealkylation sites (N-methyl/N-ethyl adjacent to an activating group) is 1. The van der Waals surface area contributed by atoms with Crippen LogP contribution in [0.1, 0.15) is 42.1 Å². The second-order valence-corrected chi connectivity index (χ2v) is 8.06. The summed E-state index contributed by atoms with van der Waals surface area (Å²) < 4.78 is 39.5. The summed E-state index contributed by atoms with van der Waals surface area (Å²) in [6, 6.07) is 4.75. The van der Waals surface area contributed by atoms with E-state index in [4.69, 9.17) is 5.73 Å². The molecular weight excluding hydrogens is 409 g/mol. The number of benzene rings is 1. The highest BCUT2D eigenvalue weighted by Crippen LogP contribution is 2.34. The van der Waals surface area contributed by atoms with Crippen LogP contribution in [0.4, 0.5) is 24.7 Å². The average molecular weight is 432 g/mol. The van der Waals surface area contributed by atoms with Gasteiger partial charge in [0.15, 0.2) is 5.82 Å². The first-order chi connectivity index (χ1) is 14.6. The van der Waals surface area contributed by atoms with Crippen LogP contribution in [-0.4, -0.2) is 40.2 Å². The quantitative estimate of drug-likeness (QED) is 0.546. The maximum Gasteiger partial charge on any atom is 0.416 e. The van der Waals surface area contributed by atoms with Crippen LogP contribution in [0.15, 0.2) is 35.3 Å². The van der Waals surface area contributed by atoms with Crippen LogP contribution in [0, 0.1) is 0 Å². The van der Waals surface area contributed by atoms with Crippen molar-refractivity contribution in [2.45, 2.75) is 31.5 Å². The molecule has 0 aliphatic carbocycles. The normalized spacial score (nSPS) is 18.4. The fourth-order valence-corrected chi connectivity index (χ4v) is 3.96. The maximum atomic E-state index is 13.2. The zero-order valence-corrected chi connectivity index (χ0v) is 17.1. The van der Waals surface area contributed by atoms with Gasteiger partial charge in [0.1, 0.15) is 0 Å². The number of hydrogen-bond donors (Lipinski definition) is 3. The highest BCUT2D eigenvalue weighted by atomic mass is 19.4. The Kier molecular flexibility index (Phi) is 5.34. The van der Waals surface area contributed by atoms with Crippen LogP contribution in [0.2, 0.25) is 0 Å². The van der Waals surface area contributed by atoms with E-state index in [1.165, 1.54) is 12.3 Å². The summed E-state index contributed by atoms with van der Waals surface area (Å²) in [4.78, 5) is 18.9. The summed E-state index contributed by atoms with van der Waals surface area (Å²) in [5.74, 6) is 0.621. The fourth-order valence-electron chi connectivity index (χ4n) is 3.96. The molecule has 0 spiro atoms. The highest BCUT2D eigenvalue weighted by molar-refractivity contribution is 5.90. The van der Waals surface area contributed by atoms with Crippen molar-refractivity contribution in [3.8, 4) is 0 Å². The van der Waals surface area contributed by atoms with E-state index in [1.807, 2.05) is 13.1 Å². The minimum absolute atomic E-state index is 0.0228.